The normalized spacial score (nSPS) is 13.1. The van der Waals surface area contributed by atoms with Gasteiger partial charge in [0.05, 0.1) is 12.8 Å². The molecule has 0 spiro atoms. The number of aryl methyl sites for hydroxylation is 2. The van der Waals surface area contributed by atoms with Gasteiger partial charge in [0.1, 0.15) is 5.75 Å². The highest BCUT2D eigenvalue weighted by molar-refractivity contribution is 7.16. The molecule has 0 unspecified atom stereocenters. The molecule has 0 saturated carbocycles. The maximum atomic E-state index is 5.96. The molecule has 0 saturated heterocycles. The molecule has 82 valence electrons. The van der Waals surface area contributed by atoms with Crippen LogP contribution in [0.3, 0.4) is 0 Å². The number of halogens is 1. The van der Waals surface area contributed by atoms with E-state index in [-0.39, 0.29) is 0 Å². The Hall–Kier alpha value is -1.06. The van der Waals surface area contributed by atoms with Crippen LogP contribution in [-0.4, -0.2) is 12.1 Å². The molecule has 0 atom stereocenters. The Morgan fingerprint density at radius 3 is 3.06 bits per heavy atom. The molecule has 0 radical (unpaired) electrons. The standard InChI is InChI=1S/C12H10ClNOS/c1-15-8-3-4-9-7(6-8)2-5-10-11(9)14-12(13)16-10/h3-4,6H,2,5H2,1H3. The largest absolute Gasteiger partial charge is 0.497 e. The fourth-order valence-electron chi connectivity index (χ4n) is 2.09. The molecule has 4 heteroatoms. The summed E-state index contributed by atoms with van der Waals surface area (Å²) in [5, 5.41) is 0. The van der Waals surface area contributed by atoms with Crippen molar-refractivity contribution in [1.29, 1.82) is 0 Å². The van der Waals surface area contributed by atoms with E-state index >= 15 is 0 Å². The van der Waals surface area contributed by atoms with Crippen LogP contribution in [0, 0.1) is 0 Å². The molecule has 0 aliphatic heterocycles. The second-order valence-electron chi connectivity index (χ2n) is 3.76. The van der Waals surface area contributed by atoms with Gasteiger partial charge in [-0.3, -0.25) is 0 Å². The zero-order chi connectivity index (χ0) is 11.1. The van der Waals surface area contributed by atoms with Gasteiger partial charge < -0.3 is 4.74 Å². The number of benzene rings is 1. The fraction of sp³-hybridized carbons (Fsp3) is 0.250. The molecule has 3 rings (SSSR count). The molecule has 16 heavy (non-hydrogen) atoms. The minimum Gasteiger partial charge on any atom is -0.497 e. The number of thiazole rings is 1. The average Bonchev–Trinajstić information content (AvgIpc) is 2.69. The van der Waals surface area contributed by atoms with Crippen LogP contribution in [0.1, 0.15) is 10.4 Å². The first-order chi connectivity index (χ1) is 7.78. The molecular weight excluding hydrogens is 242 g/mol. The predicted molar refractivity (Wildman–Crippen MR) is 66.5 cm³/mol. The van der Waals surface area contributed by atoms with Gasteiger partial charge in [-0.15, -0.1) is 11.3 Å². The van der Waals surface area contributed by atoms with Gasteiger partial charge in [-0.25, -0.2) is 4.98 Å². The van der Waals surface area contributed by atoms with Gasteiger partial charge in [0.15, 0.2) is 4.47 Å². The number of fused-ring (bicyclic) bond motifs is 3. The van der Waals surface area contributed by atoms with Crippen molar-refractivity contribution in [2.24, 2.45) is 0 Å². The fourth-order valence-corrected chi connectivity index (χ4v) is 3.25. The SMILES string of the molecule is COc1ccc2c(c1)CCc1sc(Cl)nc1-2. The number of nitrogens with zero attached hydrogens (tertiary/aromatic N) is 1. The van der Waals surface area contributed by atoms with E-state index < -0.39 is 0 Å². The maximum Gasteiger partial charge on any atom is 0.184 e. The number of hydrogen-bond donors (Lipinski definition) is 0. The highest BCUT2D eigenvalue weighted by Crippen LogP contribution is 2.38. The zero-order valence-corrected chi connectivity index (χ0v) is 10.4. The van der Waals surface area contributed by atoms with Crippen LogP contribution in [-0.2, 0) is 12.8 Å². The Morgan fingerprint density at radius 2 is 2.25 bits per heavy atom. The van der Waals surface area contributed by atoms with Crippen LogP contribution < -0.4 is 4.74 Å². The molecule has 0 bridgehead atoms. The smallest absolute Gasteiger partial charge is 0.184 e. The Labute approximate surface area is 103 Å². The minimum atomic E-state index is 0.633. The first-order valence-electron chi connectivity index (χ1n) is 5.10. The summed E-state index contributed by atoms with van der Waals surface area (Å²) in [7, 11) is 1.69. The van der Waals surface area contributed by atoms with Crippen molar-refractivity contribution in [2.45, 2.75) is 12.8 Å². The summed E-state index contributed by atoms with van der Waals surface area (Å²) in [6.45, 7) is 0. The van der Waals surface area contributed by atoms with E-state index in [9.17, 15) is 0 Å². The average molecular weight is 252 g/mol. The van der Waals surface area contributed by atoms with Crippen LogP contribution in [0.15, 0.2) is 18.2 Å². The van der Waals surface area contributed by atoms with E-state index in [1.165, 1.54) is 16.0 Å². The number of ether oxygens (including phenoxy) is 1. The number of methoxy groups -OCH3 is 1. The van der Waals surface area contributed by atoms with Crippen molar-refractivity contribution >= 4 is 22.9 Å². The van der Waals surface area contributed by atoms with Crippen molar-refractivity contribution in [2.75, 3.05) is 7.11 Å². The minimum absolute atomic E-state index is 0.633. The van der Waals surface area contributed by atoms with Gasteiger partial charge >= 0.3 is 0 Å². The molecule has 2 nitrogen and oxygen atoms in total. The molecule has 1 aliphatic carbocycles. The van der Waals surface area contributed by atoms with Crippen LogP contribution in [0.25, 0.3) is 11.3 Å². The zero-order valence-electron chi connectivity index (χ0n) is 8.79. The third kappa shape index (κ3) is 1.51. The molecule has 1 aliphatic rings. The molecule has 1 aromatic heterocycles. The second kappa shape index (κ2) is 3.75. The van der Waals surface area contributed by atoms with Crippen LogP contribution in [0.2, 0.25) is 4.47 Å². The lowest BCUT2D eigenvalue weighted by Crippen LogP contribution is -2.02. The molecule has 2 aromatic rings. The predicted octanol–water partition coefficient (Wildman–Crippen LogP) is 3.57. The third-order valence-electron chi connectivity index (χ3n) is 2.86. The Bertz CT molecular complexity index is 550. The lowest BCUT2D eigenvalue weighted by atomic mass is 9.93. The number of aromatic nitrogens is 1. The van der Waals surface area contributed by atoms with E-state index in [2.05, 4.69) is 17.1 Å². The summed E-state index contributed by atoms with van der Waals surface area (Å²) in [6, 6.07) is 6.13. The lowest BCUT2D eigenvalue weighted by Gasteiger charge is -2.15. The second-order valence-corrected chi connectivity index (χ2v) is 5.43. The van der Waals surface area contributed by atoms with E-state index in [0.29, 0.717) is 4.47 Å². The van der Waals surface area contributed by atoms with Gasteiger partial charge in [-0.05, 0) is 36.6 Å². The Kier molecular flexibility index (Phi) is 2.37. The van der Waals surface area contributed by atoms with Gasteiger partial charge in [-0.1, -0.05) is 11.6 Å². The monoisotopic (exact) mass is 251 g/mol. The van der Waals surface area contributed by atoms with Gasteiger partial charge in [0.25, 0.3) is 0 Å². The van der Waals surface area contributed by atoms with Crippen LogP contribution in [0.4, 0.5) is 0 Å². The highest BCUT2D eigenvalue weighted by atomic mass is 35.5. The molecule has 0 fully saturated rings. The Balaban J connectivity index is 2.17. The van der Waals surface area contributed by atoms with E-state index in [0.717, 1.165) is 24.3 Å². The van der Waals surface area contributed by atoms with Gasteiger partial charge in [-0.2, -0.15) is 0 Å². The van der Waals surface area contributed by atoms with Crippen molar-refractivity contribution in [3.8, 4) is 17.0 Å². The van der Waals surface area contributed by atoms with Crippen molar-refractivity contribution in [3.63, 3.8) is 0 Å². The van der Waals surface area contributed by atoms with Gasteiger partial charge in [0, 0.05) is 10.4 Å². The molecule has 1 aromatic carbocycles. The van der Waals surface area contributed by atoms with E-state index in [1.807, 2.05) is 6.07 Å². The molecule has 0 amide bonds. The van der Waals surface area contributed by atoms with E-state index in [4.69, 9.17) is 16.3 Å². The van der Waals surface area contributed by atoms with Crippen molar-refractivity contribution in [1.82, 2.24) is 4.98 Å². The highest BCUT2D eigenvalue weighted by Gasteiger charge is 2.20. The van der Waals surface area contributed by atoms with Crippen LogP contribution in [0.5, 0.6) is 5.75 Å². The third-order valence-corrected chi connectivity index (χ3v) is 4.08. The van der Waals surface area contributed by atoms with Crippen molar-refractivity contribution < 1.29 is 4.74 Å². The molecular formula is C12H10ClNOS. The summed E-state index contributed by atoms with van der Waals surface area (Å²) < 4.78 is 5.86. The Morgan fingerprint density at radius 1 is 1.38 bits per heavy atom. The summed E-state index contributed by atoms with van der Waals surface area (Å²) in [5.41, 5.74) is 3.55. The first kappa shape index (κ1) is 10.1. The maximum absolute atomic E-state index is 5.96. The number of rotatable bonds is 1. The summed E-state index contributed by atoms with van der Waals surface area (Å²) in [5.74, 6) is 0.906. The van der Waals surface area contributed by atoms with Crippen LogP contribution >= 0.6 is 22.9 Å². The lowest BCUT2D eigenvalue weighted by molar-refractivity contribution is 0.414. The molecule has 1 heterocycles. The summed E-state index contributed by atoms with van der Waals surface area (Å²) in [6.07, 6.45) is 2.07. The van der Waals surface area contributed by atoms with Gasteiger partial charge in [0.2, 0.25) is 0 Å². The quantitative estimate of drug-likeness (QED) is 0.773. The molecule has 0 N–H and O–H groups in total. The topological polar surface area (TPSA) is 22.1 Å². The summed E-state index contributed by atoms with van der Waals surface area (Å²) >= 11 is 7.55. The summed E-state index contributed by atoms with van der Waals surface area (Å²) in [4.78, 5) is 5.69. The number of hydrogen-bond acceptors (Lipinski definition) is 3. The van der Waals surface area contributed by atoms with Crippen molar-refractivity contribution in [3.05, 3.63) is 33.1 Å². The van der Waals surface area contributed by atoms with E-state index in [1.54, 1.807) is 18.4 Å². The first-order valence-corrected chi connectivity index (χ1v) is 6.30.